The van der Waals surface area contributed by atoms with Crippen LogP contribution in [0.25, 0.3) is 12.2 Å². The van der Waals surface area contributed by atoms with Gasteiger partial charge < -0.3 is 10.2 Å². The maximum absolute atomic E-state index is 10.0. The van der Waals surface area contributed by atoms with Gasteiger partial charge in [0.05, 0.1) is 17.5 Å². The minimum Gasteiger partial charge on any atom is -0.396 e. The van der Waals surface area contributed by atoms with Crippen LogP contribution in [0, 0.1) is 0 Å². The van der Waals surface area contributed by atoms with Crippen molar-refractivity contribution in [3.05, 3.63) is 53.9 Å². The number of unbranched alkanes of at least 4 members (excludes halogenated alkanes) is 5. The van der Waals surface area contributed by atoms with Gasteiger partial charge in [0.2, 0.25) is 0 Å². The molecule has 1 rings (SSSR count). The number of aliphatic hydroxyl groups is 2. The largest absolute Gasteiger partial charge is 0.396 e. The van der Waals surface area contributed by atoms with Crippen LogP contribution >= 0.6 is 0 Å². The molecule has 0 aliphatic carbocycles. The molecule has 138 valence electrons. The number of aromatic nitrogens is 1. The molecule has 3 heteroatoms. The monoisotopic (exact) mass is 343 g/mol. The number of hydrogen-bond donors (Lipinski definition) is 2. The van der Waals surface area contributed by atoms with E-state index in [1.807, 2.05) is 30.4 Å². The fraction of sp³-hybridized carbons (Fsp3) is 0.500. The van der Waals surface area contributed by atoms with E-state index in [1.165, 1.54) is 19.3 Å². The fourth-order valence-corrected chi connectivity index (χ4v) is 2.39. The van der Waals surface area contributed by atoms with E-state index in [0.29, 0.717) is 6.42 Å². The van der Waals surface area contributed by atoms with Crippen molar-refractivity contribution in [2.75, 3.05) is 6.61 Å². The molecule has 0 spiro atoms. The molecule has 1 unspecified atom stereocenters. The Morgan fingerprint density at radius 1 is 0.960 bits per heavy atom. The molecule has 0 aliphatic rings. The van der Waals surface area contributed by atoms with Crippen molar-refractivity contribution in [3.63, 3.8) is 0 Å². The summed E-state index contributed by atoms with van der Waals surface area (Å²) in [6, 6.07) is 5.88. The predicted octanol–water partition coefficient (Wildman–Crippen LogP) is 5.16. The summed E-state index contributed by atoms with van der Waals surface area (Å²) >= 11 is 0. The Labute approximate surface area is 152 Å². The fourth-order valence-electron chi connectivity index (χ4n) is 2.39. The molecule has 2 N–H and O–H groups in total. The standard InChI is InChI=1S/C22H33NO2/c1-2-3-4-5-6-10-16-22(25)18-17-21-15-12-14-20(23-21)13-9-7-8-11-19-24/h6,9-10,12-15,17-18,22,24-25H,2-5,7-8,11,16,19H2,1H3/b10-6-,13-9+,18-17+. The summed E-state index contributed by atoms with van der Waals surface area (Å²) in [6.07, 6.45) is 19.8. The van der Waals surface area contributed by atoms with E-state index in [9.17, 15) is 5.11 Å². The molecule has 0 bridgehead atoms. The molecular weight excluding hydrogens is 310 g/mol. The first kappa shape index (κ1) is 21.3. The van der Waals surface area contributed by atoms with Gasteiger partial charge in [-0.3, -0.25) is 0 Å². The Hall–Kier alpha value is -1.71. The van der Waals surface area contributed by atoms with E-state index in [1.54, 1.807) is 6.08 Å². The van der Waals surface area contributed by atoms with Crippen molar-refractivity contribution in [1.29, 1.82) is 0 Å². The lowest BCUT2D eigenvalue weighted by Gasteiger charge is -2.01. The van der Waals surface area contributed by atoms with E-state index in [4.69, 9.17) is 5.11 Å². The van der Waals surface area contributed by atoms with Crippen molar-refractivity contribution in [2.45, 2.75) is 64.4 Å². The van der Waals surface area contributed by atoms with E-state index in [-0.39, 0.29) is 6.61 Å². The van der Waals surface area contributed by atoms with Crippen LogP contribution in [0.3, 0.4) is 0 Å². The van der Waals surface area contributed by atoms with Gasteiger partial charge in [-0.2, -0.15) is 0 Å². The van der Waals surface area contributed by atoms with E-state index >= 15 is 0 Å². The zero-order valence-corrected chi connectivity index (χ0v) is 15.5. The lowest BCUT2D eigenvalue weighted by Crippen LogP contribution is -1.99. The van der Waals surface area contributed by atoms with Crippen LogP contribution in [-0.2, 0) is 0 Å². The van der Waals surface area contributed by atoms with Gasteiger partial charge in [-0.15, -0.1) is 0 Å². The lowest BCUT2D eigenvalue weighted by molar-refractivity contribution is 0.227. The molecule has 0 saturated heterocycles. The smallest absolute Gasteiger partial charge is 0.0759 e. The van der Waals surface area contributed by atoms with E-state index in [0.717, 1.165) is 37.1 Å². The highest BCUT2D eigenvalue weighted by atomic mass is 16.3. The first-order chi connectivity index (χ1) is 12.3. The Kier molecular flexibility index (Phi) is 12.5. The molecule has 1 aromatic rings. The Bertz CT molecular complexity index is 535. The number of aliphatic hydroxyl groups excluding tert-OH is 2. The van der Waals surface area contributed by atoms with Gasteiger partial charge in [0.25, 0.3) is 0 Å². The third-order valence-corrected chi connectivity index (χ3v) is 3.87. The second kappa shape index (κ2) is 14.6. The van der Waals surface area contributed by atoms with Gasteiger partial charge >= 0.3 is 0 Å². The van der Waals surface area contributed by atoms with Crippen LogP contribution in [0.15, 0.2) is 42.5 Å². The number of hydrogen-bond acceptors (Lipinski definition) is 3. The van der Waals surface area contributed by atoms with Crippen molar-refractivity contribution >= 4 is 12.2 Å². The normalized spacial score (nSPS) is 13.4. The van der Waals surface area contributed by atoms with Crippen LogP contribution in [0.4, 0.5) is 0 Å². The summed E-state index contributed by atoms with van der Waals surface area (Å²) in [4.78, 5) is 4.54. The molecule has 25 heavy (non-hydrogen) atoms. The molecule has 0 aliphatic heterocycles. The average molecular weight is 344 g/mol. The minimum absolute atomic E-state index is 0.253. The zero-order chi connectivity index (χ0) is 18.2. The molecule has 0 radical (unpaired) electrons. The van der Waals surface area contributed by atoms with Crippen molar-refractivity contribution < 1.29 is 10.2 Å². The highest BCUT2D eigenvalue weighted by Gasteiger charge is 1.97. The quantitative estimate of drug-likeness (QED) is 0.384. The van der Waals surface area contributed by atoms with Gasteiger partial charge in [-0.25, -0.2) is 4.98 Å². The van der Waals surface area contributed by atoms with Crippen molar-refractivity contribution in [1.82, 2.24) is 4.98 Å². The van der Waals surface area contributed by atoms with Crippen LogP contribution in [0.5, 0.6) is 0 Å². The molecule has 1 heterocycles. The summed E-state index contributed by atoms with van der Waals surface area (Å²) < 4.78 is 0. The molecule has 0 aromatic carbocycles. The van der Waals surface area contributed by atoms with Gasteiger partial charge in [-0.1, -0.05) is 50.1 Å². The molecule has 0 fully saturated rings. The third kappa shape index (κ3) is 11.5. The SMILES string of the molecule is CCCCC/C=C\CC(O)/C=C/c1cccc(/C=C/CCCCO)n1. The number of pyridine rings is 1. The van der Waals surface area contributed by atoms with Gasteiger partial charge in [0.15, 0.2) is 0 Å². The van der Waals surface area contributed by atoms with E-state index in [2.05, 4.69) is 30.1 Å². The molecule has 1 aromatic heterocycles. The van der Waals surface area contributed by atoms with Gasteiger partial charge in [0.1, 0.15) is 0 Å². The van der Waals surface area contributed by atoms with Gasteiger partial charge in [0, 0.05) is 6.61 Å². The lowest BCUT2D eigenvalue weighted by atomic mass is 10.1. The zero-order valence-electron chi connectivity index (χ0n) is 15.5. The minimum atomic E-state index is -0.470. The summed E-state index contributed by atoms with van der Waals surface area (Å²) in [5.41, 5.74) is 1.76. The summed E-state index contributed by atoms with van der Waals surface area (Å²) in [6.45, 7) is 2.46. The maximum atomic E-state index is 10.0. The summed E-state index contributed by atoms with van der Waals surface area (Å²) in [7, 11) is 0. The summed E-state index contributed by atoms with van der Waals surface area (Å²) in [5.74, 6) is 0. The molecule has 3 nitrogen and oxygen atoms in total. The highest BCUT2D eigenvalue weighted by Crippen LogP contribution is 2.07. The topological polar surface area (TPSA) is 53.4 Å². The van der Waals surface area contributed by atoms with E-state index < -0.39 is 6.10 Å². The molecular formula is C22H33NO2. The second-order valence-corrected chi connectivity index (χ2v) is 6.24. The second-order valence-electron chi connectivity index (χ2n) is 6.24. The maximum Gasteiger partial charge on any atom is 0.0759 e. The number of allylic oxidation sites excluding steroid dienone is 2. The van der Waals surface area contributed by atoms with Crippen LogP contribution in [-0.4, -0.2) is 27.9 Å². The average Bonchev–Trinajstić information content (AvgIpc) is 2.63. The Morgan fingerprint density at radius 2 is 1.68 bits per heavy atom. The third-order valence-electron chi connectivity index (χ3n) is 3.87. The van der Waals surface area contributed by atoms with Crippen LogP contribution < -0.4 is 0 Å². The molecule has 0 saturated carbocycles. The van der Waals surface area contributed by atoms with Crippen LogP contribution in [0.2, 0.25) is 0 Å². The van der Waals surface area contributed by atoms with Crippen molar-refractivity contribution in [2.24, 2.45) is 0 Å². The molecule has 0 amide bonds. The first-order valence-electron chi connectivity index (χ1n) is 9.52. The Balaban J connectivity index is 2.39. The first-order valence-corrected chi connectivity index (χ1v) is 9.52. The Morgan fingerprint density at radius 3 is 2.44 bits per heavy atom. The predicted molar refractivity (Wildman–Crippen MR) is 107 cm³/mol. The summed E-state index contributed by atoms with van der Waals surface area (Å²) in [5, 5.41) is 18.8. The van der Waals surface area contributed by atoms with Gasteiger partial charge in [-0.05, 0) is 62.8 Å². The van der Waals surface area contributed by atoms with Crippen LogP contribution in [0.1, 0.15) is 69.7 Å². The highest BCUT2D eigenvalue weighted by molar-refractivity contribution is 5.51. The van der Waals surface area contributed by atoms with Crippen molar-refractivity contribution in [3.8, 4) is 0 Å². The number of nitrogens with zero attached hydrogens (tertiary/aromatic N) is 1. The number of rotatable bonds is 13. The molecule has 1 atom stereocenters.